The van der Waals surface area contributed by atoms with Gasteiger partial charge in [-0.25, -0.2) is 13.9 Å². The molecule has 0 bridgehead atoms. The monoisotopic (exact) mass is 437 g/mol. The van der Waals surface area contributed by atoms with E-state index in [1.165, 1.54) is 35.7 Å². The number of halogens is 1. The number of hydrogen-bond acceptors (Lipinski definition) is 4. The number of nitrogens with zero attached hydrogens (tertiary/aromatic N) is 4. The number of piperidine rings is 1. The van der Waals surface area contributed by atoms with E-state index < -0.39 is 0 Å². The minimum Gasteiger partial charge on any atom is -0.338 e. The summed E-state index contributed by atoms with van der Waals surface area (Å²) in [7, 11) is 0. The van der Waals surface area contributed by atoms with Crippen LogP contribution in [0.5, 0.6) is 0 Å². The van der Waals surface area contributed by atoms with Crippen molar-refractivity contribution in [2.45, 2.75) is 45.2 Å². The van der Waals surface area contributed by atoms with E-state index >= 15 is 0 Å². The number of likely N-dealkylation sites (tertiary alicyclic amines) is 1. The smallest absolute Gasteiger partial charge is 0.277 e. The minimum atomic E-state index is -0.384. The van der Waals surface area contributed by atoms with Gasteiger partial charge in [-0.05, 0) is 43.5 Å². The van der Waals surface area contributed by atoms with E-state index in [0.29, 0.717) is 36.3 Å². The van der Waals surface area contributed by atoms with Gasteiger partial charge in [0, 0.05) is 38.1 Å². The Morgan fingerprint density at radius 3 is 2.69 bits per heavy atom. The summed E-state index contributed by atoms with van der Waals surface area (Å²) in [5.41, 5.74) is 2.73. The summed E-state index contributed by atoms with van der Waals surface area (Å²) in [6.45, 7) is 2.89. The van der Waals surface area contributed by atoms with Crippen molar-refractivity contribution >= 4 is 17.5 Å². The van der Waals surface area contributed by atoms with Crippen LogP contribution in [0.1, 0.15) is 59.5 Å². The molecule has 8 nitrogen and oxygen atoms in total. The quantitative estimate of drug-likeness (QED) is 0.667. The molecule has 1 fully saturated rings. The van der Waals surface area contributed by atoms with E-state index in [2.05, 4.69) is 10.1 Å². The zero-order valence-electron chi connectivity index (χ0n) is 17.8. The normalized spacial score (nSPS) is 18.6. The number of nitrogens with one attached hydrogen (secondary N) is 1. The average Bonchev–Trinajstić information content (AvgIpc) is 3.23. The van der Waals surface area contributed by atoms with Crippen molar-refractivity contribution in [2.24, 2.45) is 0 Å². The van der Waals surface area contributed by atoms with Crippen molar-refractivity contribution in [1.29, 1.82) is 0 Å². The van der Waals surface area contributed by atoms with Crippen LogP contribution in [0.4, 0.5) is 4.39 Å². The second-order valence-electron chi connectivity index (χ2n) is 8.45. The summed E-state index contributed by atoms with van der Waals surface area (Å²) in [4.78, 5) is 46.2. The highest BCUT2D eigenvalue weighted by atomic mass is 19.1. The molecule has 3 aromatic rings. The Morgan fingerprint density at radius 1 is 1.16 bits per heavy atom. The molecule has 2 aliphatic heterocycles. The van der Waals surface area contributed by atoms with Crippen LogP contribution in [0, 0.1) is 5.82 Å². The second kappa shape index (κ2) is 7.89. The van der Waals surface area contributed by atoms with Crippen LogP contribution in [0.3, 0.4) is 0 Å². The predicted octanol–water partition coefficient (Wildman–Crippen LogP) is 2.43. The first-order chi connectivity index (χ1) is 15.4. The summed E-state index contributed by atoms with van der Waals surface area (Å²) in [5, 5.41) is 3.16. The molecule has 1 saturated heterocycles. The molecule has 1 N–H and O–H groups in total. The predicted molar refractivity (Wildman–Crippen MR) is 115 cm³/mol. The molecule has 2 aliphatic rings. The Balaban J connectivity index is 1.51. The van der Waals surface area contributed by atoms with Crippen molar-refractivity contribution in [2.75, 3.05) is 13.1 Å². The zero-order valence-corrected chi connectivity index (χ0v) is 17.8. The maximum absolute atomic E-state index is 13.3. The first-order valence-corrected chi connectivity index (χ1v) is 10.9. The van der Waals surface area contributed by atoms with E-state index in [1.54, 1.807) is 9.80 Å². The Bertz CT molecular complexity index is 1260. The maximum atomic E-state index is 13.3. The summed E-state index contributed by atoms with van der Waals surface area (Å²) < 4.78 is 14.7. The molecule has 32 heavy (non-hydrogen) atoms. The average molecular weight is 437 g/mol. The van der Waals surface area contributed by atoms with E-state index in [9.17, 15) is 18.8 Å². The van der Waals surface area contributed by atoms with E-state index in [4.69, 9.17) is 0 Å². The first kappa shape index (κ1) is 20.4. The number of benzene rings is 1. The van der Waals surface area contributed by atoms with Crippen LogP contribution in [-0.2, 0) is 17.8 Å². The van der Waals surface area contributed by atoms with Crippen LogP contribution >= 0.6 is 0 Å². The van der Waals surface area contributed by atoms with Crippen molar-refractivity contribution in [3.63, 3.8) is 0 Å². The van der Waals surface area contributed by atoms with Crippen LogP contribution in [0.15, 0.2) is 35.1 Å². The van der Waals surface area contributed by atoms with Gasteiger partial charge in [0.2, 0.25) is 5.91 Å². The van der Waals surface area contributed by atoms with Crippen molar-refractivity contribution in [3.05, 3.63) is 69.0 Å². The van der Waals surface area contributed by atoms with Gasteiger partial charge < -0.3 is 9.80 Å². The molecule has 1 atom stereocenters. The van der Waals surface area contributed by atoms with Gasteiger partial charge in [0.15, 0.2) is 5.65 Å². The number of aromatic amines is 1. The van der Waals surface area contributed by atoms with Crippen molar-refractivity contribution in [1.82, 2.24) is 24.4 Å². The molecule has 0 spiro atoms. The summed E-state index contributed by atoms with van der Waals surface area (Å²) >= 11 is 0. The molecule has 0 radical (unpaired) electrons. The SMILES string of the molecule is CC(=O)N1CCc2nc3cc(C4CCCCN4C(=O)c4ccc(F)cc4)[nH]n3c(=O)c2C1. The summed E-state index contributed by atoms with van der Waals surface area (Å²) in [5.74, 6) is -0.611. The number of rotatable bonds is 2. The number of H-pyrrole nitrogens is 1. The molecule has 166 valence electrons. The molecular weight excluding hydrogens is 413 g/mol. The lowest BCUT2D eigenvalue weighted by molar-refractivity contribution is -0.129. The number of fused-ring (bicyclic) bond motifs is 2. The standard InChI is InChI=1S/C23H24FN5O3/c1-14(30)27-11-9-18-17(13-27)23(32)29-21(25-18)12-19(26-29)20-4-2-3-10-28(20)22(31)15-5-7-16(24)8-6-15/h5-8,12,20,26H,2-4,9-11,13H2,1H3. The van der Waals surface area contributed by atoms with Gasteiger partial charge in [-0.2, -0.15) is 0 Å². The van der Waals surface area contributed by atoms with Crippen LogP contribution in [0.2, 0.25) is 0 Å². The fourth-order valence-electron chi connectivity index (χ4n) is 4.70. The molecule has 0 saturated carbocycles. The highest BCUT2D eigenvalue weighted by Gasteiger charge is 2.31. The molecule has 2 amide bonds. The van der Waals surface area contributed by atoms with Gasteiger partial charge in [0.05, 0.1) is 29.5 Å². The number of amides is 2. The van der Waals surface area contributed by atoms with Gasteiger partial charge in [-0.3, -0.25) is 19.5 Å². The molecule has 0 aliphatic carbocycles. The van der Waals surface area contributed by atoms with Gasteiger partial charge in [-0.15, -0.1) is 0 Å². The lowest BCUT2D eigenvalue weighted by Crippen LogP contribution is -2.39. The number of carbonyl (C=O) groups is 2. The largest absolute Gasteiger partial charge is 0.338 e. The topological polar surface area (TPSA) is 90.8 Å². The van der Waals surface area contributed by atoms with Crippen LogP contribution in [-0.4, -0.2) is 49.3 Å². The van der Waals surface area contributed by atoms with Crippen LogP contribution < -0.4 is 5.56 Å². The molecule has 9 heteroatoms. The Labute approximate surface area is 183 Å². The molecular formula is C23H24FN5O3. The Morgan fingerprint density at radius 2 is 1.94 bits per heavy atom. The molecule has 2 aromatic heterocycles. The lowest BCUT2D eigenvalue weighted by Gasteiger charge is -2.35. The second-order valence-corrected chi connectivity index (χ2v) is 8.45. The first-order valence-electron chi connectivity index (χ1n) is 10.9. The third kappa shape index (κ3) is 3.47. The Hall–Kier alpha value is -3.49. The van der Waals surface area contributed by atoms with Gasteiger partial charge >= 0.3 is 0 Å². The highest BCUT2D eigenvalue weighted by molar-refractivity contribution is 5.94. The number of hydrogen-bond donors (Lipinski definition) is 1. The molecule has 4 heterocycles. The highest BCUT2D eigenvalue weighted by Crippen LogP contribution is 2.32. The van der Waals surface area contributed by atoms with E-state index in [0.717, 1.165) is 30.7 Å². The maximum Gasteiger partial charge on any atom is 0.277 e. The van der Waals surface area contributed by atoms with Gasteiger partial charge in [0.25, 0.3) is 11.5 Å². The fraction of sp³-hybridized carbons (Fsp3) is 0.391. The molecule has 5 rings (SSSR count). The third-order valence-corrected chi connectivity index (χ3v) is 6.44. The number of aromatic nitrogens is 3. The Kier molecular flexibility index (Phi) is 5.03. The van der Waals surface area contributed by atoms with Gasteiger partial charge in [0.1, 0.15) is 5.82 Å². The molecule has 1 unspecified atom stereocenters. The lowest BCUT2D eigenvalue weighted by atomic mass is 9.98. The number of carbonyl (C=O) groups excluding carboxylic acids is 2. The fourth-order valence-corrected chi connectivity index (χ4v) is 4.70. The molecule has 1 aromatic carbocycles. The van der Waals surface area contributed by atoms with E-state index in [-0.39, 0.29) is 35.8 Å². The van der Waals surface area contributed by atoms with Gasteiger partial charge in [-0.1, -0.05) is 0 Å². The zero-order chi connectivity index (χ0) is 22.4. The minimum absolute atomic E-state index is 0.0653. The summed E-state index contributed by atoms with van der Waals surface area (Å²) in [6, 6.07) is 7.17. The third-order valence-electron chi connectivity index (χ3n) is 6.44. The summed E-state index contributed by atoms with van der Waals surface area (Å²) in [6.07, 6.45) is 3.14. The van der Waals surface area contributed by atoms with Crippen molar-refractivity contribution in [3.8, 4) is 0 Å². The van der Waals surface area contributed by atoms with E-state index in [1.807, 2.05) is 6.07 Å². The van der Waals surface area contributed by atoms with Crippen molar-refractivity contribution < 1.29 is 14.0 Å². The van der Waals surface area contributed by atoms with Crippen LogP contribution in [0.25, 0.3) is 5.65 Å².